The number of likely N-dealkylation sites (tertiary alicyclic amines) is 1. The summed E-state index contributed by atoms with van der Waals surface area (Å²) in [5, 5.41) is 3.72. The number of alkyl halides is 3. The number of likely N-dealkylation sites (N-methyl/N-ethyl adjacent to an activating group) is 1. The average Bonchev–Trinajstić information content (AvgIpc) is 2.81. The first-order valence-corrected chi connectivity index (χ1v) is 11.3. The van der Waals surface area contributed by atoms with Gasteiger partial charge in [0, 0.05) is 50.4 Å². The molecule has 2 aromatic rings. The van der Waals surface area contributed by atoms with Gasteiger partial charge in [0.25, 0.3) is 0 Å². The summed E-state index contributed by atoms with van der Waals surface area (Å²) in [5.74, 6) is 0.166. The molecule has 2 aliphatic heterocycles. The van der Waals surface area contributed by atoms with Crippen LogP contribution in [0, 0.1) is 0 Å². The van der Waals surface area contributed by atoms with E-state index in [1.165, 1.54) is 17.7 Å². The largest absolute Gasteiger partial charge is 0.416 e. The van der Waals surface area contributed by atoms with Crippen molar-refractivity contribution < 1.29 is 18.0 Å². The van der Waals surface area contributed by atoms with Crippen LogP contribution in [0.1, 0.15) is 42.9 Å². The van der Waals surface area contributed by atoms with E-state index < -0.39 is 11.7 Å². The number of fused-ring (bicyclic) bond motifs is 1. The number of amides is 1. The highest BCUT2D eigenvalue weighted by atomic mass is 19.4. The van der Waals surface area contributed by atoms with Gasteiger partial charge < -0.3 is 10.2 Å². The highest BCUT2D eigenvalue weighted by Gasteiger charge is 2.39. The molecule has 2 aliphatic rings. The summed E-state index contributed by atoms with van der Waals surface area (Å²) in [6.07, 6.45) is -1.54. The molecule has 0 radical (unpaired) electrons. The number of carbonyl (C=O) groups is 1. The van der Waals surface area contributed by atoms with Crippen LogP contribution in [0.3, 0.4) is 0 Å². The molecule has 0 aliphatic carbocycles. The number of carbonyl (C=O) groups excluding carboxylic acids is 1. The van der Waals surface area contributed by atoms with Crippen molar-refractivity contribution in [1.82, 2.24) is 9.80 Å². The number of para-hydroxylation sites is 1. The van der Waals surface area contributed by atoms with Gasteiger partial charge in [0.1, 0.15) is 0 Å². The summed E-state index contributed by atoms with van der Waals surface area (Å²) < 4.78 is 39.2. The van der Waals surface area contributed by atoms with E-state index in [-0.39, 0.29) is 11.4 Å². The third-order valence-corrected chi connectivity index (χ3v) is 6.77. The Bertz CT molecular complexity index is 951. The van der Waals surface area contributed by atoms with Crippen LogP contribution in [0.25, 0.3) is 0 Å². The Hall–Kier alpha value is -2.54. The van der Waals surface area contributed by atoms with Crippen LogP contribution in [0.15, 0.2) is 48.5 Å². The van der Waals surface area contributed by atoms with Gasteiger partial charge in [-0.1, -0.05) is 36.4 Å². The van der Waals surface area contributed by atoms with Crippen molar-refractivity contribution in [3.8, 4) is 0 Å². The normalized spacial score (nSPS) is 19.6. The topological polar surface area (TPSA) is 35.6 Å². The summed E-state index contributed by atoms with van der Waals surface area (Å²) >= 11 is 0. The lowest BCUT2D eigenvalue weighted by Gasteiger charge is -2.43. The van der Waals surface area contributed by atoms with Gasteiger partial charge in [-0.3, -0.25) is 9.69 Å². The van der Waals surface area contributed by atoms with Crippen molar-refractivity contribution in [1.29, 1.82) is 0 Å². The van der Waals surface area contributed by atoms with Crippen LogP contribution in [0.2, 0.25) is 0 Å². The van der Waals surface area contributed by atoms with Gasteiger partial charge in [-0.2, -0.15) is 13.2 Å². The van der Waals surface area contributed by atoms with Gasteiger partial charge in [0.15, 0.2) is 0 Å². The summed E-state index contributed by atoms with van der Waals surface area (Å²) in [6.45, 7) is 5.35. The average molecular weight is 446 g/mol. The van der Waals surface area contributed by atoms with Crippen molar-refractivity contribution in [3.63, 3.8) is 0 Å². The Morgan fingerprint density at radius 1 is 1.03 bits per heavy atom. The van der Waals surface area contributed by atoms with Crippen molar-refractivity contribution >= 4 is 11.6 Å². The van der Waals surface area contributed by atoms with Crippen LogP contribution >= 0.6 is 0 Å². The number of rotatable bonds is 3. The minimum Gasteiger partial charge on any atom is -0.379 e. The molecule has 0 unspecified atom stereocenters. The van der Waals surface area contributed by atoms with Crippen LogP contribution < -0.4 is 5.32 Å². The fourth-order valence-corrected chi connectivity index (χ4v) is 4.85. The molecule has 1 fully saturated rings. The minimum absolute atomic E-state index is 0.166. The van der Waals surface area contributed by atoms with E-state index >= 15 is 0 Å². The Balaban J connectivity index is 1.50. The maximum absolute atomic E-state index is 13.1. The molecule has 0 bridgehead atoms. The maximum Gasteiger partial charge on any atom is 0.416 e. The molecule has 4 nitrogen and oxygen atoms in total. The van der Waals surface area contributed by atoms with Crippen LogP contribution in [-0.2, 0) is 23.9 Å². The third-order valence-electron chi connectivity index (χ3n) is 6.77. The van der Waals surface area contributed by atoms with Gasteiger partial charge >= 0.3 is 6.18 Å². The molecule has 2 aromatic carbocycles. The highest BCUT2D eigenvalue weighted by molar-refractivity contribution is 5.78. The molecule has 2 heterocycles. The smallest absolute Gasteiger partial charge is 0.379 e. The van der Waals surface area contributed by atoms with E-state index in [4.69, 9.17) is 0 Å². The van der Waals surface area contributed by atoms with Crippen LogP contribution in [-0.4, -0.2) is 47.4 Å². The third kappa shape index (κ3) is 5.09. The zero-order valence-corrected chi connectivity index (χ0v) is 18.4. The second-order valence-electron chi connectivity index (χ2n) is 8.94. The fourth-order valence-electron chi connectivity index (χ4n) is 4.85. The van der Waals surface area contributed by atoms with Gasteiger partial charge in [-0.25, -0.2) is 0 Å². The van der Waals surface area contributed by atoms with E-state index in [2.05, 4.69) is 22.3 Å². The van der Waals surface area contributed by atoms with Crippen molar-refractivity contribution in [3.05, 3.63) is 65.2 Å². The summed E-state index contributed by atoms with van der Waals surface area (Å²) in [4.78, 5) is 17.2. The number of hydrogen-bond acceptors (Lipinski definition) is 3. The highest BCUT2D eigenvalue weighted by Crippen LogP contribution is 2.35. The molecule has 1 saturated heterocycles. The fraction of sp³-hybridized carbons (Fsp3) is 0.480. The second-order valence-corrected chi connectivity index (χ2v) is 8.94. The predicted molar refractivity (Wildman–Crippen MR) is 119 cm³/mol. The molecule has 0 atom stereocenters. The molecule has 172 valence electrons. The summed E-state index contributed by atoms with van der Waals surface area (Å²) in [7, 11) is 0. The Morgan fingerprint density at radius 3 is 2.50 bits per heavy atom. The Kier molecular flexibility index (Phi) is 6.47. The number of nitrogens with zero attached hydrogens (tertiary/aromatic N) is 2. The molecule has 7 heteroatoms. The number of benzene rings is 2. The first-order chi connectivity index (χ1) is 15.3. The molecule has 32 heavy (non-hydrogen) atoms. The van der Waals surface area contributed by atoms with E-state index in [0.717, 1.165) is 44.1 Å². The molecular formula is C25H30F3N3O. The van der Waals surface area contributed by atoms with Crippen molar-refractivity contribution in [2.45, 2.75) is 50.9 Å². The zero-order chi connectivity index (χ0) is 22.8. The van der Waals surface area contributed by atoms with Gasteiger partial charge in [0.2, 0.25) is 5.91 Å². The molecule has 1 N–H and O–H groups in total. The minimum atomic E-state index is -4.33. The SMILES string of the molecule is CCN1CCc2ccccc2NC2(CCN(Cc3cccc(C(F)(F)F)c3)CC2)CC1=O. The van der Waals surface area contributed by atoms with E-state index in [1.54, 1.807) is 6.07 Å². The van der Waals surface area contributed by atoms with Gasteiger partial charge in [-0.05, 0) is 49.4 Å². The van der Waals surface area contributed by atoms with Crippen LogP contribution in [0.4, 0.5) is 18.9 Å². The number of piperidine rings is 1. The molecule has 0 aromatic heterocycles. The molecule has 1 spiro atoms. The Labute approximate surface area is 187 Å². The number of halogens is 3. The number of nitrogens with one attached hydrogen (secondary N) is 1. The first-order valence-electron chi connectivity index (χ1n) is 11.3. The molecule has 0 saturated carbocycles. The van der Waals surface area contributed by atoms with Gasteiger partial charge in [-0.15, -0.1) is 0 Å². The zero-order valence-electron chi connectivity index (χ0n) is 18.4. The maximum atomic E-state index is 13.1. The lowest BCUT2D eigenvalue weighted by atomic mass is 9.83. The van der Waals surface area contributed by atoms with Crippen LogP contribution in [0.5, 0.6) is 0 Å². The van der Waals surface area contributed by atoms with E-state index in [9.17, 15) is 18.0 Å². The first kappa shape index (κ1) is 22.6. The molecule has 4 rings (SSSR count). The van der Waals surface area contributed by atoms with Crippen molar-refractivity contribution in [2.24, 2.45) is 0 Å². The second kappa shape index (κ2) is 9.14. The lowest BCUT2D eigenvalue weighted by molar-refractivity contribution is -0.137. The predicted octanol–water partition coefficient (Wildman–Crippen LogP) is 4.95. The number of hydrogen-bond donors (Lipinski definition) is 1. The monoisotopic (exact) mass is 445 g/mol. The summed E-state index contributed by atoms with van der Waals surface area (Å²) in [5.41, 5.74) is 2.02. The number of anilines is 1. The summed E-state index contributed by atoms with van der Waals surface area (Å²) in [6, 6.07) is 13.8. The molecule has 1 amide bonds. The van der Waals surface area contributed by atoms with Crippen molar-refractivity contribution in [2.75, 3.05) is 31.5 Å². The van der Waals surface area contributed by atoms with Gasteiger partial charge in [0.05, 0.1) is 5.56 Å². The standard InChI is InChI=1S/C25H30F3N3O/c1-2-31-13-10-20-7-3-4-9-22(20)29-24(17-23(31)32)11-14-30(15-12-24)18-19-6-5-8-21(16-19)25(26,27)28/h3-9,16,29H,2,10-15,17-18H2,1H3. The molecular weight excluding hydrogens is 415 g/mol. The van der Waals surface area contributed by atoms with E-state index in [1.807, 2.05) is 24.0 Å². The Morgan fingerprint density at radius 2 is 1.78 bits per heavy atom. The lowest BCUT2D eigenvalue weighted by Crippen LogP contribution is -2.51. The quantitative estimate of drug-likeness (QED) is 0.727. The van der Waals surface area contributed by atoms with E-state index in [0.29, 0.717) is 31.6 Å².